The molecule has 112 valence electrons. The standard InChI is InChI=1S/C15H22BrNO3/c1-4-8-17-11(3)13-9-12(16)6-7-14(13)20-10-15(18)19-5-2/h6-7,9,11,17H,4-5,8,10H2,1-3H3. The molecule has 0 aliphatic heterocycles. The van der Waals surface area contributed by atoms with Gasteiger partial charge in [0.1, 0.15) is 5.75 Å². The normalized spacial score (nSPS) is 12.0. The molecule has 4 nitrogen and oxygen atoms in total. The predicted octanol–water partition coefficient (Wildman–Crippen LogP) is 3.45. The SMILES string of the molecule is CCCNC(C)c1cc(Br)ccc1OCC(=O)OCC. The first-order valence-corrected chi connectivity index (χ1v) is 7.69. The van der Waals surface area contributed by atoms with Crippen molar-refractivity contribution in [2.75, 3.05) is 19.8 Å². The smallest absolute Gasteiger partial charge is 0.344 e. The van der Waals surface area contributed by atoms with E-state index in [1.807, 2.05) is 18.2 Å². The summed E-state index contributed by atoms with van der Waals surface area (Å²) < 4.78 is 11.4. The van der Waals surface area contributed by atoms with Crippen LogP contribution in [0.25, 0.3) is 0 Å². The van der Waals surface area contributed by atoms with Crippen molar-refractivity contribution in [2.24, 2.45) is 0 Å². The Morgan fingerprint density at radius 3 is 2.80 bits per heavy atom. The van der Waals surface area contributed by atoms with Gasteiger partial charge in [-0.25, -0.2) is 4.79 Å². The van der Waals surface area contributed by atoms with Crippen LogP contribution in [0.2, 0.25) is 0 Å². The lowest BCUT2D eigenvalue weighted by atomic mass is 10.1. The summed E-state index contributed by atoms with van der Waals surface area (Å²) in [6.45, 7) is 7.21. The molecule has 1 atom stereocenters. The minimum Gasteiger partial charge on any atom is -0.482 e. The van der Waals surface area contributed by atoms with Gasteiger partial charge in [-0.1, -0.05) is 22.9 Å². The Hall–Kier alpha value is -1.07. The third-order valence-electron chi connectivity index (χ3n) is 2.79. The molecule has 0 aliphatic rings. The lowest BCUT2D eigenvalue weighted by molar-refractivity contribution is -0.145. The fourth-order valence-corrected chi connectivity index (χ4v) is 2.18. The number of nitrogens with one attached hydrogen (secondary N) is 1. The van der Waals surface area contributed by atoms with E-state index in [1.165, 1.54) is 0 Å². The molecular weight excluding hydrogens is 322 g/mol. The van der Waals surface area contributed by atoms with Gasteiger partial charge in [0.2, 0.25) is 0 Å². The highest BCUT2D eigenvalue weighted by Gasteiger charge is 2.13. The molecule has 0 spiro atoms. The van der Waals surface area contributed by atoms with Crippen molar-refractivity contribution in [1.82, 2.24) is 5.32 Å². The van der Waals surface area contributed by atoms with Crippen LogP contribution in [0.4, 0.5) is 0 Å². The molecule has 0 amide bonds. The summed E-state index contributed by atoms with van der Waals surface area (Å²) >= 11 is 3.46. The first-order chi connectivity index (χ1) is 9.58. The van der Waals surface area contributed by atoms with E-state index in [2.05, 4.69) is 35.1 Å². The van der Waals surface area contributed by atoms with Crippen LogP contribution < -0.4 is 10.1 Å². The zero-order chi connectivity index (χ0) is 15.0. The quantitative estimate of drug-likeness (QED) is 0.734. The molecule has 1 unspecified atom stereocenters. The van der Waals surface area contributed by atoms with E-state index in [0.29, 0.717) is 12.4 Å². The fraction of sp³-hybridized carbons (Fsp3) is 0.533. The molecule has 1 N–H and O–H groups in total. The molecule has 1 aromatic carbocycles. The zero-order valence-corrected chi connectivity index (χ0v) is 13.8. The fourth-order valence-electron chi connectivity index (χ4n) is 1.80. The van der Waals surface area contributed by atoms with Gasteiger partial charge in [-0.15, -0.1) is 0 Å². The van der Waals surface area contributed by atoms with Crippen molar-refractivity contribution in [3.63, 3.8) is 0 Å². The van der Waals surface area contributed by atoms with Gasteiger partial charge >= 0.3 is 5.97 Å². The van der Waals surface area contributed by atoms with Crippen LogP contribution in [0.3, 0.4) is 0 Å². The number of rotatable bonds is 8. The Morgan fingerprint density at radius 1 is 1.40 bits per heavy atom. The minimum atomic E-state index is -0.351. The predicted molar refractivity (Wildman–Crippen MR) is 83.0 cm³/mol. The number of benzene rings is 1. The maximum Gasteiger partial charge on any atom is 0.344 e. The number of carbonyl (C=O) groups is 1. The van der Waals surface area contributed by atoms with E-state index in [9.17, 15) is 4.79 Å². The lowest BCUT2D eigenvalue weighted by Gasteiger charge is -2.18. The molecule has 0 aliphatic carbocycles. The number of hydrogen-bond acceptors (Lipinski definition) is 4. The average Bonchev–Trinajstić information content (AvgIpc) is 2.43. The largest absolute Gasteiger partial charge is 0.482 e. The molecule has 0 saturated carbocycles. The van der Waals surface area contributed by atoms with Crippen LogP contribution in [0.15, 0.2) is 22.7 Å². The highest BCUT2D eigenvalue weighted by molar-refractivity contribution is 9.10. The van der Waals surface area contributed by atoms with E-state index >= 15 is 0 Å². The van der Waals surface area contributed by atoms with E-state index in [0.717, 1.165) is 23.0 Å². The Bertz CT molecular complexity index is 437. The van der Waals surface area contributed by atoms with Crippen molar-refractivity contribution in [2.45, 2.75) is 33.2 Å². The zero-order valence-electron chi connectivity index (χ0n) is 12.2. The van der Waals surface area contributed by atoms with Crippen LogP contribution in [0.1, 0.15) is 38.8 Å². The average molecular weight is 344 g/mol. The Morgan fingerprint density at radius 2 is 2.15 bits per heavy atom. The van der Waals surface area contributed by atoms with Gasteiger partial charge in [0.15, 0.2) is 6.61 Å². The van der Waals surface area contributed by atoms with E-state index in [1.54, 1.807) is 6.92 Å². The Labute approximate surface area is 129 Å². The molecule has 1 rings (SSSR count). The molecule has 0 bridgehead atoms. The van der Waals surface area contributed by atoms with Crippen molar-refractivity contribution in [3.8, 4) is 5.75 Å². The number of esters is 1. The van der Waals surface area contributed by atoms with Crippen molar-refractivity contribution < 1.29 is 14.3 Å². The van der Waals surface area contributed by atoms with Crippen LogP contribution >= 0.6 is 15.9 Å². The second-order valence-corrected chi connectivity index (χ2v) is 5.37. The van der Waals surface area contributed by atoms with Crippen molar-refractivity contribution >= 4 is 21.9 Å². The first kappa shape index (κ1) is 17.0. The summed E-state index contributed by atoms with van der Waals surface area (Å²) in [5, 5.41) is 3.41. The molecule has 0 aromatic heterocycles. The molecule has 0 radical (unpaired) electrons. The van der Waals surface area contributed by atoms with Gasteiger partial charge in [-0.3, -0.25) is 0 Å². The summed E-state index contributed by atoms with van der Waals surface area (Å²) in [5.41, 5.74) is 1.03. The van der Waals surface area contributed by atoms with Crippen LogP contribution in [-0.4, -0.2) is 25.7 Å². The highest BCUT2D eigenvalue weighted by atomic mass is 79.9. The lowest BCUT2D eigenvalue weighted by Crippen LogP contribution is -2.21. The number of hydrogen-bond donors (Lipinski definition) is 1. The van der Waals surface area contributed by atoms with Gasteiger partial charge in [0.25, 0.3) is 0 Å². The molecule has 0 saturated heterocycles. The van der Waals surface area contributed by atoms with Gasteiger partial charge in [0, 0.05) is 16.1 Å². The third-order valence-corrected chi connectivity index (χ3v) is 3.28. The maximum absolute atomic E-state index is 11.4. The first-order valence-electron chi connectivity index (χ1n) is 6.89. The molecular formula is C15H22BrNO3. The summed E-state index contributed by atoms with van der Waals surface area (Å²) in [4.78, 5) is 11.4. The summed E-state index contributed by atoms with van der Waals surface area (Å²) in [7, 11) is 0. The summed E-state index contributed by atoms with van der Waals surface area (Å²) in [6, 6.07) is 5.93. The van der Waals surface area contributed by atoms with Crippen LogP contribution in [0.5, 0.6) is 5.75 Å². The van der Waals surface area contributed by atoms with E-state index in [4.69, 9.17) is 9.47 Å². The number of ether oxygens (including phenoxy) is 2. The van der Waals surface area contributed by atoms with Crippen molar-refractivity contribution in [1.29, 1.82) is 0 Å². The molecule has 20 heavy (non-hydrogen) atoms. The van der Waals surface area contributed by atoms with Gasteiger partial charge in [-0.2, -0.15) is 0 Å². The Kier molecular flexibility index (Phi) is 7.62. The topological polar surface area (TPSA) is 47.6 Å². The van der Waals surface area contributed by atoms with Gasteiger partial charge in [-0.05, 0) is 45.0 Å². The van der Waals surface area contributed by atoms with E-state index < -0.39 is 0 Å². The van der Waals surface area contributed by atoms with Crippen LogP contribution in [0, 0.1) is 0 Å². The monoisotopic (exact) mass is 343 g/mol. The molecule has 0 fully saturated rings. The summed E-state index contributed by atoms with van der Waals surface area (Å²) in [5.74, 6) is 0.355. The number of halogens is 1. The summed E-state index contributed by atoms with van der Waals surface area (Å²) in [6.07, 6.45) is 1.07. The highest BCUT2D eigenvalue weighted by Crippen LogP contribution is 2.28. The Balaban J connectivity index is 2.76. The van der Waals surface area contributed by atoms with Gasteiger partial charge in [0.05, 0.1) is 6.61 Å². The number of carbonyl (C=O) groups excluding carboxylic acids is 1. The van der Waals surface area contributed by atoms with E-state index in [-0.39, 0.29) is 18.6 Å². The van der Waals surface area contributed by atoms with Gasteiger partial charge < -0.3 is 14.8 Å². The second kappa shape index (κ2) is 8.97. The molecule has 5 heteroatoms. The maximum atomic E-state index is 11.4. The second-order valence-electron chi connectivity index (χ2n) is 4.45. The van der Waals surface area contributed by atoms with Crippen LogP contribution in [-0.2, 0) is 9.53 Å². The van der Waals surface area contributed by atoms with Crippen molar-refractivity contribution in [3.05, 3.63) is 28.2 Å². The third kappa shape index (κ3) is 5.51. The minimum absolute atomic E-state index is 0.0665. The molecule has 0 heterocycles. The molecule has 1 aromatic rings.